The van der Waals surface area contributed by atoms with Gasteiger partial charge in [0.2, 0.25) is 0 Å². The molecule has 2 N–H and O–H groups in total. The number of aliphatic hydroxyl groups is 1. The van der Waals surface area contributed by atoms with Crippen molar-refractivity contribution in [2.24, 2.45) is 0 Å². The van der Waals surface area contributed by atoms with E-state index in [1.165, 1.54) is 6.07 Å². The first kappa shape index (κ1) is 21.4. The number of nitro groups is 1. The fraction of sp³-hybridized carbons (Fsp3) is 0.0909. The van der Waals surface area contributed by atoms with Crippen LogP contribution in [0.3, 0.4) is 0 Å². The van der Waals surface area contributed by atoms with Crippen LogP contribution in [0.2, 0.25) is 5.02 Å². The maximum Gasteiger partial charge on any atom is 0.288 e. The molecule has 0 aliphatic heterocycles. The molecule has 30 heavy (non-hydrogen) atoms. The molecule has 0 bridgehead atoms. The number of halogens is 1. The number of nitrogens with one attached hydrogen (secondary N) is 1. The van der Waals surface area contributed by atoms with E-state index in [0.29, 0.717) is 16.3 Å². The van der Waals surface area contributed by atoms with E-state index >= 15 is 0 Å². The summed E-state index contributed by atoms with van der Waals surface area (Å²) in [5, 5.41) is 26.1. The fourth-order valence-electron chi connectivity index (χ4n) is 2.91. The minimum Gasteiger partial charge on any atom is -0.502 e. The summed E-state index contributed by atoms with van der Waals surface area (Å²) < 4.78 is 1.65. The van der Waals surface area contributed by atoms with Gasteiger partial charge >= 0.3 is 0 Å². The van der Waals surface area contributed by atoms with E-state index in [-0.39, 0.29) is 27.7 Å². The number of aromatic nitrogens is 1. The first-order valence-corrected chi connectivity index (χ1v) is 9.80. The smallest absolute Gasteiger partial charge is 0.288 e. The number of pyridine rings is 1. The van der Waals surface area contributed by atoms with Crippen LogP contribution in [0, 0.1) is 24.0 Å². The zero-order valence-electron chi connectivity index (χ0n) is 16.3. The lowest BCUT2D eigenvalue weighted by Gasteiger charge is -2.12. The average molecular weight is 441 g/mol. The Morgan fingerprint density at radius 2 is 1.83 bits per heavy atom. The van der Waals surface area contributed by atoms with Crippen molar-refractivity contribution in [2.75, 3.05) is 5.32 Å². The summed E-state index contributed by atoms with van der Waals surface area (Å²) in [6, 6.07) is 15.4. The number of rotatable bonds is 5. The Bertz CT molecular complexity index is 1160. The molecule has 0 unspecified atom stereocenters. The molecular formula is C22H19ClN3O3S+. The van der Waals surface area contributed by atoms with Crippen molar-refractivity contribution >= 4 is 51.6 Å². The van der Waals surface area contributed by atoms with Crippen molar-refractivity contribution in [3.05, 3.63) is 98.8 Å². The predicted molar refractivity (Wildman–Crippen MR) is 123 cm³/mol. The monoisotopic (exact) mass is 440 g/mol. The Morgan fingerprint density at radius 3 is 2.50 bits per heavy atom. The highest BCUT2D eigenvalue weighted by molar-refractivity contribution is 7.81. The molecule has 1 heterocycles. The van der Waals surface area contributed by atoms with Crippen molar-refractivity contribution < 1.29 is 14.6 Å². The minimum atomic E-state index is -0.479. The number of thiocarbonyl (C=S) groups is 1. The van der Waals surface area contributed by atoms with Gasteiger partial charge in [0, 0.05) is 40.0 Å². The number of nitrogens with zero attached hydrogens (tertiary/aromatic N) is 2. The molecule has 6 nitrogen and oxygen atoms in total. The largest absolute Gasteiger partial charge is 0.502 e. The molecule has 152 valence electrons. The van der Waals surface area contributed by atoms with E-state index in [9.17, 15) is 15.2 Å². The van der Waals surface area contributed by atoms with E-state index in [2.05, 4.69) is 5.32 Å². The molecule has 3 rings (SSSR count). The second kappa shape index (κ2) is 9.02. The normalized spacial score (nSPS) is 11.6. The summed E-state index contributed by atoms with van der Waals surface area (Å²) in [7, 11) is 0. The molecule has 0 amide bonds. The van der Waals surface area contributed by atoms with E-state index in [4.69, 9.17) is 23.8 Å². The lowest BCUT2D eigenvalue weighted by molar-refractivity contribution is -0.575. The van der Waals surface area contributed by atoms with Crippen molar-refractivity contribution in [3.8, 4) is 0 Å². The Morgan fingerprint density at radius 1 is 1.13 bits per heavy atom. The molecule has 2 aromatic carbocycles. The molecule has 8 heteroatoms. The number of hydrogen-bond donors (Lipinski definition) is 2. The van der Waals surface area contributed by atoms with E-state index in [1.807, 2.05) is 19.1 Å². The lowest BCUT2D eigenvalue weighted by atomic mass is 10.1. The van der Waals surface area contributed by atoms with Gasteiger partial charge in [0.15, 0.2) is 23.1 Å². The van der Waals surface area contributed by atoms with Crippen LogP contribution in [-0.2, 0) is 0 Å². The average Bonchev–Trinajstić information content (AvgIpc) is 2.72. The van der Waals surface area contributed by atoms with Crippen LogP contribution in [0.4, 0.5) is 11.4 Å². The Hall–Kier alpha value is -3.29. The highest BCUT2D eigenvalue weighted by Gasteiger charge is 2.25. The number of nitro benzene ring substituents is 1. The standard InChI is InChI=1S/C22H18ClN3O3S/c1-14-9-10-16(13-19(14)26(28)29)21(27)20(25-11-4-3-5-12-25)22(30)24-18-8-6-7-17(23)15(18)2/h3-13H,1-2H3,(H-,24,27,30)/p+1. The lowest BCUT2D eigenvalue weighted by Crippen LogP contribution is -2.38. The molecule has 0 aliphatic rings. The van der Waals surface area contributed by atoms with Crippen LogP contribution in [-0.4, -0.2) is 15.0 Å². The maximum absolute atomic E-state index is 11.3. The topological polar surface area (TPSA) is 79.3 Å². The molecule has 0 radical (unpaired) electrons. The number of aryl methyl sites for hydroxylation is 1. The summed E-state index contributed by atoms with van der Waals surface area (Å²) in [6.07, 6.45) is 3.46. The van der Waals surface area contributed by atoms with Gasteiger partial charge in [-0.25, -0.2) is 0 Å². The Kier molecular flexibility index (Phi) is 6.44. The van der Waals surface area contributed by atoms with Crippen molar-refractivity contribution in [3.63, 3.8) is 0 Å². The second-order valence-electron chi connectivity index (χ2n) is 6.60. The maximum atomic E-state index is 11.3. The van der Waals surface area contributed by atoms with Gasteiger partial charge in [-0.3, -0.25) is 10.1 Å². The quantitative estimate of drug-likeness (QED) is 0.137. The number of aliphatic hydroxyl groups excluding tert-OH is 1. The van der Waals surface area contributed by atoms with Gasteiger partial charge in [0.05, 0.1) is 4.92 Å². The first-order chi connectivity index (χ1) is 14.3. The highest BCUT2D eigenvalue weighted by Crippen LogP contribution is 2.27. The summed E-state index contributed by atoms with van der Waals surface area (Å²) in [5.74, 6) is -0.188. The summed E-state index contributed by atoms with van der Waals surface area (Å²) in [6.45, 7) is 3.50. The zero-order valence-corrected chi connectivity index (χ0v) is 17.9. The van der Waals surface area contributed by atoms with Gasteiger partial charge in [-0.2, -0.15) is 4.57 Å². The van der Waals surface area contributed by atoms with Gasteiger partial charge in [0.25, 0.3) is 11.4 Å². The summed E-state index contributed by atoms with van der Waals surface area (Å²) in [5.41, 5.74) is 2.49. The van der Waals surface area contributed by atoms with Gasteiger partial charge in [-0.15, -0.1) is 0 Å². The fourth-order valence-corrected chi connectivity index (χ4v) is 3.40. The van der Waals surface area contributed by atoms with Crippen LogP contribution in [0.15, 0.2) is 67.0 Å². The predicted octanol–water partition coefficient (Wildman–Crippen LogP) is 5.48. The summed E-state index contributed by atoms with van der Waals surface area (Å²) >= 11 is 11.8. The molecule has 0 spiro atoms. The van der Waals surface area contributed by atoms with Crippen molar-refractivity contribution in [1.29, 1.82) is 0 Å². The minimum absolute atomic E-state index is 0.0824. The van der Waals surface area contributed by atoms with Gasteiger partial charge in [0.1, 0.15) is 0 Å². The van der Waals surface area contributed by atoms with Crippen LogP contribution >= 0.6 is 23.8 Å². The molecule has 0 saturated carbocycles. The van der Waals surface area contributed by atoms with Gasteiger partial charge < -0.3 is 10.4 Å². The van der Waals surface area contributed by atoms with Crippen LogP contribution in [0.5, 0.6) is 0 Å². The molecule has 0 saturated heterocycles. The second-order valence-corrected chi connectivity index (χ2v) is 7.42. The first-order valence-electron chi connectivity index (χ1n) is 9.01. The van der Waals surface area contributed by atoms with E-state index < -0.39 is 4.92 Å². The SMILES string of the molecule is Cc1ccc(/C(O)=C(/C(=S)Nc2cccc(Cl)c2C)[n+]2ccccc2)cc1[N+](=O)[O-]. The Balaban J connectivity index is 2.13. The highest BCUT2D eigenvalue weighted by atomic mass is 35.5. The van der Waals surface area contributed by atoms with E-state index in [1.54, 1.807) is 60.3 Å². The number of anilines is 1. The van der Waals surface area contributed by atoms with Crippen molar-refractivity contribution in [2.45, 2.75) is 13.8 Å². The number of benzene rings is 2. The third-order valence-electron chi connectivity index (χ3n) is 4.61. The summed E-state index contributed by atoms with van der Waals surface area (Å²) in [4.78, 5) is 11.1. The molecular weight excluding hydrogens is 422 g/mol. The molecule has 0 fully saturated rings. The van der Waals surface area contributed by atoms with Gasteiger partial charge in [-0.05, 0) is 31.5 Å². The third kappa shape index (κ3) is 4.48. The van der Waals surface area contributed by atoms with E-state index in [0.717, 1.165) is 5.56 Å². The molecule has 0 aliphatic carbocycles. The molecule has 3 aromatic rings. The Labute approximate surface area is 184 Å². The van der Waals surface area contributed by atoms with Crippen LogP contribution in [0.25, 0.3) is 11.5 Å². The van der Waals surface area contributed by atoms with Crippen molar-refractivity contribution in [1.82, 2.24) is 0 Å². The van der Waals surface area contributed by atoms with Gasteiger partial charge in [-0.1, -0.05) is 48.1 Å². The van der Waals surface area contributed by atoms with Crippen LogP contribution < -0.4 is 9.88 Å². The zero-order chi connectivity index (χ0) is 21.8. The van der Waals surface area contributed by atoms with Crippen LogP contribution in [0.1, 0.15) is 16.7 Å². The number of hydrogen-bond acceptors (Lipinski definition) is 4. The molecule has 1 aromatic heterocycles. The third-order valence-corrected chi connectivity index (χ3v) is 5.31. The molecule has 0 atom stereocenters.